The monoisotopic (exact) mass is 352 g/mol. The van der Waals surface area contributed by atoms with Crippen molar-refractivity contribution in [1.82, 2.24) is 25.4 Å². The van der Waals surface area contributed by atoms with Crippen molar-refractivity contribution >= 4 is 5.96 Å². The van der Waals surface area contributed by atoms with Crippen molar-refractivity contribution in [3.05, 3.63) is 11.6 Å². The third-order valence-corrected chi connectivity index (χ3v) is 4.45. The van der Waals surface area contributed by atoms with Crippen LogP contribution in [0.5, 0.6) is 0 Å². The molecule has 1 saturated carbocycles. The molecule has 1 aromatic rings. The summed E-state index contributed by atoms with van der Waals surface area (Å²) in [7, 11) is 3.65. The minimum Gasteiger partial charge on any atom is -0.382 e. The van der Waals surface area contributed by atoms with Crippen LogP contribution in [-0.4, -0.2) is 60.2 Å². The number of nitrogens with one attached hydrogen (secondary N) is 2. The Hall–Kier alpha value is -1.67. The van der Waals surface area contributed by atoms with Gasteiger partial charge in [-0.3, -0.25) is 0 Å². The molecule has 142 valence electrons. The molecule has 0 saturated heterocycles. The summed E-state index contributed by atoms with van der Waals surface area (Å²) in [6, 6.07) is 0.519. The van der Waals surface area contributed by atoms with Crippen LogP contribution < -0.4 is 10.6 Å². The van der Waals surface area contributed by atoms with Crippen LogP contribution in [0.15, 0.2) is 4.99 Å². The van der Waals surface area contributed by atoms with Crippen molar-refractivity contribution in [3.63, 3.8) is 0 Å². The number of hydrogen-bond donors (Lipinski definition) is 2. The molecule has 2 N–H and O–H groups in total. The van der Waals surface area contributed by atoms with Gasteiger partial charge < -0.3 is 24.7 Å². The highest BCUT2D eigenvalue weighted by Gasteiger charge is 2.16. The van der Waals surface area contributed by atoms with Crippen molar-refractivity contribution in [3.8, 4) is 0 Å². The Kier molecular flexibility index (Phi) is 8.68. The first-order valence-corrected chi connectivity index (χ1v) is 9.17. The lowest BCUT2D eigenvalue weighted by atomic mass is 10.2. The molecule has 0 radical (unpaired) electrons. The predicted octanol–water partition coefficient (Wildman–Crippen LogP) is 1.15. The Balaban J connectivity index is 1.79. The highest BCUT2D eigenvalue weighted by atomic mass is 16.5. The first kappa shape index (κ1) is 19.7. The molecule has 2 rings (SSSR count). The van der Waals surface area contributed by atoms with E-state index in [0.717, 1.165) is 37.2 Å². The van der Waals surface area contributed by atoms with Crippen molar-refractivity contribution in [2.45, 2.75) is 51.6 Å². The Labute approximate surface area is 150 Å². The molecule has 1 heterocycles. The molecule has 0 unspecified atom stereocenters. The zero-order valence-electron chi connectivity index (χ0n) is 15.8. The van der Waals surface area contributed by atoms with Crippen LogP contribution in [0.1, 0.15) is 43.8 Å². The molecule has 25 heavy (non-hydrogen) atoms. The maximum Gasteiger partial charge on any atom is 0.191 e. The van der Waals surface area contributed by atoms with Gasteiger partial charge in [-0.25, -0.2) is 4.99 Å². The molecule has 0 amide bonds. The van der Waals surface area contributed by atoms with E-state index in [-0.39, 0.29) is 0 Å². The van der Waals surface area contributed by atoms with E-state index in [0.29, 0.717) is 25.8 Å². The van der Waals surface area contributed by atoms with E-state index < -0.39 is 0 Å². The number of aliphatic imine (C=N–C) groups is 1. The van der Waals surface area contributed by atoms with E-state index in [1.54, 1.807) is 7.11 Å². The summed E-state index contributed by atoms with van der Waals surface area (Å²) < 4.78 is 12.4. The van der Waals surface area contributed by atoms with Gasteiger partial charge in [-0.2, -0.15) is 0 Å². The lowest BCUT2D eigenvalue weighted by Gasteiger charge is -2.17. The van der Waals surface area contributed by atoms with E-state index in [2.05, 4.69) is 25.8 Å². The van der Waals surface area contributed by atoms with Crippen molar-refractivity contribution < 1.29 is 9.47 Å². The third kappa shape index (κ3) is 6.99. The number of guanidine groups is 1. The van der Waals surface area contributed by atoms with Gasteiger partial charge in [0.15, 0.2) is 11.8 Å². The van der Waals surface area contributed by atoms with Crippen molar-refractivity contribution in [2.75, 3.05) is 33.5 Å². The van der Waals surface area contributed by atoms with E-state index in [9.17, 15) is 0 Å². The van der Waals surface area contributed by atoms with E-state index in [4.69, 9.17) is 9.47 Å². The molecule has 1 fully saturated rings. The first-order valence-electron chi connectivity index (χ1n) is 9.17. The van der Waals surface area contributed by atoms with Crippen LogP contribution in [0.3, 0.4) is 0 Å². The predicted molar refractivity (Wildman–Crippen MR) is 97.6 cm³/mol. The van der Waals surface area contributed by atoms with Gasteiger partial charge in [0.25, 0.3) is 0 Å². The fourth-order valence-electron chi connectivity index (χ4n) is 2.78. The standard InChI is InChI=1S/C17H32N6O2/c1-14-21-22-16(23(14)2)13-19-17(20-15-7-4-5-8-15)18-9-6-10-25-12-11-24-3/h15H,4-13H2,1-3H3,(H2,18,19,20). The van der Waals surface area contributed by atoms with Crippen LogP contribution in [0.25, 0.3) is 0 Å². The Morgan fingerprint density at radius 1 is 1.24 bits per heavy atom. The highest BCUT2D eigenvalue weighted by molar-refractivity contribution is 5.80. The number of aromatic nitrogens is 3. The zero-order chi connectivity index (χ0) is 17.9. The van der Waals surface area contributed by atoms with Crippen molar-refractivity contribution in [2.24, 2.45) is 12.0 Å². The van der Waals surface area contributed by atoms with E-state index in [1.165, 1.54) is 25.7 Å². The second-order valence-corrected chi connectivity index (χ2v) is 6.40. The first-order chi connectivity index (χ1) is 12.2. The smallest absolute Gasteiger partial charge is 0.191 e. The summed E-state index contributed by atoms with van der Waals surface area (Å²) >= 11 is 0. The number of aryl methyl sites for hydroxylation is 1. The SMILES string of the molecule is COCCOCCCNC(=NCc1nnc(C)n1C)NC1CCCC1. The van der Waals surface area contributed by atoms with E-state index >= 15 is 0 Å². The summed E-state index contributed by atoms with van der Waals surface area (Å²) in [5.74, 6) is 2.62. The second-order valence-electron chi connectivity index (χ2n) is 6.40. The topological polar surface area (TPSA) is 85.6 Å². The van der Waals surface area contributed by atoms with Gasteiger partial charge in [0.05, 0.1) is 13.2 Å². The van der Waals surface area contributed by atoms with Gasteiger partial charge >= 0.3 is 0 Å². The maximum atomic E-state index is 5.49. The lowest BCUT2D eigenvalue weighted by Crippen LogP contribution is -2.43. The number of rotatable bonds is 10. The summed E-state index contributed by atoms with van der Waals surface area (Å²) in [4.78, 5) is 4.69. The molecule has 8 heteroatoms. The summed E-state index contributed by atoms with van der Waals surface area (Å²) in [6.45, 7) is 5.28. The maximum absolute atomic E-state index is 5.49. The summed E-state index contributed by atoms with van der Waals surface area (Å²) in [5.41, 5.74) is 0. The molecule has 1 aliphatic carbocycles. The second kappa shape index (κ2) is 11.0. The van der Waals surface area contributed by atoms with E-state index in [1.807, 2.05) is 18.5 Å². The average molecular weight is 352 g/mol. The summed E-state index contributed by atoms with van der Waals surface area (Å²) in [5, 5.41) is 15.2. The molecule has 0 spiro atoms. The molecular weight excluding hydrogens is 320 g/mol. The van der Waals surface area contributed by atoms with Crippen LogP contribution in [0.4, 0.5) is 0 Å². The molecule has 1 aromatic heterocycles. The van der Waals surface area contributed by atoms with Gasteiger partial charge in [-0.15, -0.1) is 10.2 Å². The van der Waals surface area contributed by atoms with Crippen LogP contribution in [0, 0.1) is 6.92 Å². The Bertz CT molecular complexity index is 525. The molecule has 0 aliphatic heterocycles. The molecule has 0 aromatic carbocycles. The van der Waals surface area contributed by atoms with Gasteiger partial charge in [0.1, 0.15) is 12.4 Å². The molecule has 0 bridgehead atoms. The zero-order valence-corrected chi connectivity index (χ0v) is 15.8. The van der Waals surface area contributed by atoms with Gasteiger partial charge in [0, 0.05) is 33.4 Å². The minimum absolute atomic E-state index is 0.518. The largest absolute Gasteiger partial charge is 0.382 e. The van der Waals surface area contributed by atoms with Crippen LogP contribution in [-0.2, 0) is 23.1 Å². The highest BCUT2D eigenvalue weighted by Crippen LogP contribution is 2.17. The molecule has 0 atom stereocenters. The van der Waals surface area contributed by atoms with Crippen molar-refractivity contribution in [1.29, 1.82) is 0 Å². The lowest BCUT2D eigenvalue weighted by molar-refractivity contribution is 0.0698. The fraction of sp³-hybridized carbons (Fsp3) is 0.824. The van der Waals surface area contributed by atoms with Gasteiger partial charge in [-0.05, 0) is 26.2 Å². The normalized spacial score (nSPS) is 15.7. The Morgan fingerprint density at radius 3 is 2.72 bits per heavy atom. The Morgan fingerprint density at radius 2 is 2.04 bits per heavy atom. The summed E-state index contributed by atoms with van der Waals surface area (Å²) in [6.07, 6.45) is 5.94. The minimum atomic E-state index is 0.518. The number of hydrogen-bond acceptors (Lipinski definition) is 5. The average Bonchev–Trinajstić information content (AvgIpc) is 3.23. The number of methoxy groups -OCH3 is 1. The van der Waals surface area contributed by atoms with Crippen LogP contribution >= 0.6 is 0 Å². The molecule has 1 aliphatic rings. The molecule has 8 nitrogen and oxygen atoms in total. The number of nitrogens with zero attached hydrogens (tertiary/aromatic N) is 4. The molecular formula is C17H32N6O2. The quantitative estimate of drug-likeness (QED) is 0.373. The third-order valence-electron chi connectivity index (χ3n) is 4.45. The number of ether oxygens (including phenoxy) is 2. The van der Waals surface area contributed by atoms with Crippen LogP contribution in [0.2, 0.25) is 0 Å². The van der Waals surface area contributed by atoms with Gasteiger partial charge in [-0.1, -0.05) is 12.8 Å². The van der Waals surface area contributed by atoms with Gasteiger partial charge in [0.2, 0.25) is 0 Å². The fourth-order valence-corrected chi connectivity index (χ4v) is 2.78.